The molecule has 2 aromatic rings. The van der Waals surface area contributed by atoms with Crippen LogP contribution in [0.4, 0.5) is 0 Å². The minimum atomic E-state index is -0.157. The van der Waals surface area contributed by atoms with Crippen LogP contribution < -0.4 is 15.6 Å². The van der Waals surface area contributed by atoms with Crippen molar-refractivity contribution in [2.24, 2.45) is 0 Å². The Kier molecular flexibility index (Phi) is 4.99. The summed E-state index contributed by atoms with van der Waals surface area (Å²) < 4.78 is 5.23. The standard InChI is InChI=1S/C17H20N2O3/c1-11-8-12(2)19-17(21)14(11)10-18-16(20)9-13-6-4-5-7-15(13)22-3/h4-8H,9-10H2,1-3H3,(H,18,20)(H,19,21). The zero-order valence-electron chi connectivity index (χ0n) is 13.0. The van der Waals surface area contributed by atoms with Crippen molar-refractivity contribution in [3.63, 3.8) is 0 Å². The summed E-state index contributed by atoms with van der Waals surface area (Å²) in [6.07, 6.45) is 0.215. The normalized spacial score (nSPS) is 10.3. The van der Waals surface area contributed by atoms with Crippen molar-refractivity contribution >= 4 is 5.91 Å². The van der Waals surface area contributed by atoms with E-state index in [0.29, 0.717) is 11.3 Å². The third-order valence-electron chi connectivity index (χ3n) is 3.50. The number of nitrogens with one attached hydrogen (secondary N) is 2. The highest BCUT2D eigenvalue weighted by molar-refractivity contribution is 5.79. The number of carbonyl (C=O) groups excluding carboxylic acids is 1. The van der Waals surface area contributed by atoms with Gasteiger partial charge < -0.3 is 15.0 Å². The Labute approximate surface area is 129 Å². The Morgan fingerprint density at radius 2 is 2.00 bits per heavy atom. The molecule has 116 valence electrons. The molecule has 1 heterocycles. The number of hydrogen-bond acceptors (Lipinski definition) is 3. The van der Waals surface area contributed by atoms with E-state index in [1.165, 1.54) is 0 Å². The van der Waals surface area contributed by atoms with Crippen molar-refractivity contribution in [1.82, 2.24) is 10.3 Å². The van der Waals surface area contributed by atoms with Crippen molar-refractivity contribution in [2.75, 3.05) is 7.11 Å². The van der Waals surface area contributed by atoms with Gasteiger partial charge in [-0.2, -0.15) is 0 Å². The largest absolute Gasteiger partial charge is 0.496 e. The lowest BCUT2D eigenvalue weighted by atomic mass is 10.1. The molecule has 1 aromatic carbocycles. The minimum Gasteiger partial charge on any atom is -0.496 e. The highest BCUT2D eigenvalue weighted by atomic mass is 16.5. The van der Waals surface area contributed by atoms with Gasteiger partial charge in [0.05, 0.1) is 13.5 Å². The lowest BCUT2D eigenvalue weighted by Gasteiger charge is -2.10. The number of H-pyrrole nitrogens is 1. The first-order valence-corrected chi connectivity index (χ1v) is 7.09. The van der Waals surface area contributed by atoms with E-state index in [2.05, 4.69) is 10.3 Å². The van der Waals surface area contributed by atoms with Crippen molar-refractivity contribution in [3.8, 4) is 5.75 Å². The molecule has 1 aromatic heterocycles. The van der Waals surface area contributed by atoms with Crippen LogP contribution in [0.1, 0.15) is 22.4 Å². The first kappa shape index (κ1) is 15.8. The molecule has 2 N–H and O–H groups in total. The highest BCUT2D eigenvalue weighted by Crippen LogP contribution is 2.17. The summed E-state index contributed by atoms with van der Waals surface area (Å²) in [6, 6.07) is 9.28. The predicted molar refractivity (Wildman–Crippen MR) is 85.1 cm³/mol. The van der Waals surface area contributed by atoms with E-state index in [4.69, 9.17) is 4.74 Å². The van der Waals surface area contributed by atoms with Gasteiger partial charge >= 0.3 is 0 Å². The molecule has 0 aliphatic carbocycles. The monoisotopic (exact) mass is 300 g/mol. The quantitative estimate of drug-likeness (QED) is 0.885. The van der Waals surface area contributed by atoms with Crippen LogP contribution in [0.15, 0.2) is 35.1 Å². The van der Waals surface area contributed by atoms with Crippen LogP contribution >= 0.6 is 0 Å². The molecule has 0 saturated carbocycles. The topological polar surface area (TPSA) is 71.2 Å². The molecule has 0 saturated heterocycles. The molecular weight excluding hydrogens is 280 g/mol. The first-order valence-electron chi connectivity index (χ1n) is 7.09. The molecule has 22 heavy (non-hydrogen) atoms. The van der Waals surface area contributed by atoms with E-state index in [0.717, 1.165) is 16.8 Å². The van der Waals surface area contributed by atoms with Gasteiger partial charge in [0, 0.05) is 23.4 Å². The number of aromatic nitrogens is 1. The van der Waals surface area contributed by atoms with Crippen LogP contribution in [-0.2, 0) is 17.8 Å². The molecule has 0 radical (unpaired) electrons. The Morgan fingerprint density at radius 3 is 2.68 bits per heavy atom. The molecule has 0 bridgehead atoms. The minimum absolute atomic E-state index is 0.149. The van der Waals surface area contributed by atoms with E-state index >= 15 is 0 Å². The van der Waals surface area contributed by atoms with Crippen molar-refractivity contribution in [1.29, 1.82) is 0 Å². The fraction of sp³-hybridized carbons (Fsp3) is 0.294. The summed E-state index contributed by atoms with van der Waals surface area (Å²) in [6.45, 7) is 3.91. The number of hydrogen-bond donors (Lipinski definition) is 2. The van der Waals surface area contributed by atoms with Gasteiger partial charge in [-0.15, -0.1) is 0 Å². The number of benzene rings is 1. The van der Waals surface area contributed by atoms with E-state index in [1.54, 1.807) is 7.11 Å². The zero-order valence-corrected chi connectivity index (χ0v) is 13.0. The highest BCUT2D eigenvalue weighted by Gasteiger charge is 2.10. The lowest BCUT2D eigenvalue weighted by Crippen LogP contribution is -2.29. The van der Waals surface area contributed by atoms with Crippen molar-refractivity contribution < 1.29 is 9.53 Å². The average Bonchev–Trinajstić information content (AvgIpc) is 2.46. The Morgan fingerprint density at radius 1 is 1.27 bits per heavy atom. The van der Waals surface area contributed by atoms with E-state index in [9.17, 15) is 9.59 Å². The molecule has 0 aliphatic heterocycles. The van der Waals surface area contributed by atoms with Gasteiger partial charge in [-0.05, 0) is 31.5 Å². The molecule has 1 amide bonds. The van der Waals surface area contributed by atoms with Crippen LogP contribution in [0.25, 0.3) is 0 Å². The Bertz CT molecular complexity index is 735. The molecular formula is C17H20N2O3. The SMILES string of the molecule is COc1ccccc1CC(=O)NCc1c(C)cc(C)[nH]c1=O. The summed E-state index contributed by atoms with van der Waals surface area (Å²) >= 11 is 0. The summed E-state index contributed by atoms with van der Waals surface area (Å²) in [5.74, 6) is 0.533. The molecule has 5 nitrogen and oxygen atoms in total. The fourth-order valence-electron chi connectivity index (χ4n) is 2.37. The van der Waals surface area contributed by atoms with E-state index in [1.807, 2.05) is 44.2 Å². The van der Waals surface area contributed by atoms with E-state index < -0.39 is 0 Å². The summed E-state index contributed by atoms with van der Waals surface area (Å²) in [4.78, 5) is 26.7. The van der Waals surface area contributed by atoms with Crippen molar-refractivity contribution in [3.05, 3.63) is 63.1 Å². The second-order valence-corrected chi connectivity index (χ2v) is 5.21. The molecule has 0 fully saturated rings. The third-order valence-corrected chi connectivity index (χ3v) is 3.50. The number of rotatable bonds is 5. The summed E-state index contributed by atoms with van der Waals surface area (Å²) in [7, 11) is 1.58. The maximum Gasteiger partial charge on any atom is 0.253 e. The number of amides is 1. The first-order chi connectivity index (χ1) is 10.5. The molecule has 0 atom stereocenters. The van der Waals surface area contributed by atoms with Gasteiger partial charge in [0.25, 0.3) is 5.56 Å². The number of ether oxygens (including phenoxy) is 1. The average molecular weight is 300 g/mol. The van der Waals surface area contributed by atoms with Gasteiger partial charge in [0.2, 0.25) is 5.91 Å². The molecule has 0 spiro atoms. The Hall–Kier alpha value is -2.56. The molecule has 0 unspecified atom stereocenters. The number of carbonyl (C=O) groups is 1. The van der Waals surface area contributed by atoms with Gasteiger partial charge in [0.15, 0.2) is 0 Å². The number of methoxy groups -OCH3 is 1. The Balaban J connectivity index is 2.03. The van der Waals surface area contributed by atoms with Gasteiger partial charge in [-0.3, -0.25) is 9.59 Å². The smallest absolute Gasteiger partial charge is 0.253 e. The predicted octanol–water partition coefficient (Wildman–Crippen LogP) is 1.86. The number of pyridine rings is 1. The maximum atomic E-state index is 12.1. The fourth-order valence-corrected chi connectivity index (χ4v) is 2.37. The lowest BCUT2D eigenvalue weighted by molar-refractivity contribution is -0.120. The van der Waals surface area contributed by atoms with Gasteiger partial charge in [0.1, 0.15) is 5.75 Å². The van der Waals surface area contributed by atoms with Crippen LogP contribution in [0.5, 0.6) is 5.75 Å². The zero-order chi connectivity index (χ0) is 16.1. The number of para-hydroxylation sites is 1. The number of aryl methyl sites for hydroxylation is 2. The van der Waals surface area contributed by atoms with Gasteiger partial charge in [-0.1, -0.05) is 18.2 Å². The second kappa shape index (κ2) is 6.93. The van der Waals surface area contributed by atoms with E-state index in [-0.39, 0.29) is 24.4 Å². The molecule has 2 rings (SSSR count). The summed E-state index contributed by atoms with van der Waals surface area (Å²) in [5.41, 5.74) is 2.93. The second-order valence-electron chi connectivity index (χ2n) is 5.21. The maximum absolute atomic E-state index is 12.1. The van der Waals surface area contributed by atoms with Crippen LogP contribution in [0.2, 0.25) is 0 Å². The molecule has 0 aliphatic rings. The summed E-state index contributed by atoms with van der Waals surface area (Å²) in [5, 5.41) is 2.79. The van der Waals surface area contributed by atoms with Crippen LogP contribution in [0, 0.1) is 13.8 Å². The van der Waals surface area contributed by atoms with Crippen molar-refractivity contribution in [2.45, 2.75) is 26.8 Å². The molecule has 5 heteroatoms. The van der Waals surface area contributed by atoms with Crippen LogP contribution in [0.3, 0.4) is 0 Å². The van der Waals surface area contributed by atoms with Crippen LogP contribution in [-0.4, -0.2) is 18.0 Å². The van der Waals surface area contributed by atoms with Gasteiger partial charge in [-0.25, -0.2) is 0 Å². The third kappa shape index (κ3) is 3.75. The number of aromatic amines is 1.